The lowest BCUT2D eigenvalue weighted by Gasteiger charge is -2.24. The van der Waals surface area contributed by atoms with Crippen molar-refractivity contribution in [2.24, 2.45) is 16.8 Å². The summed E-state index contributed by atoms with van der Waals surface area (Å²) in [7, 11) is 0. The normalized spacial score (nSPS) is 22.6. The molecular formula is C26H31N5O. The van der Waals surface area contributed by atoms with Gasteiger partial charge < -0.3 is 9.80 Å². The molecule has 2 aromatic rings. The maximum absolute atomic E-state index is 13.6. The first-order valence-electron chi connectivity index (χ1n) is 11.6. The minimum absolute atomic E-state index is 0.140. The molecule has 0 spiro atoms. The Hall–Kier alpha value is -3.02. The van der Waals surface area contributed by atoms with E-state index in [-0.39, 0.29) is 5.91 Å². The molecule has 32 heavy (non-hydrogen) atoms. The number of carbonyl (C=O) groups excluding carboxylic acids is 1. The van der Waals surface area contributed by atoms with Crippen molar-refractivity contribution in [3.05, 3.63) is 64.1 Å². The summed E-state index contributed by atoms with van der Waals surface area (Å²) < 4.78 is 0. The zero-order valence-corrected chi connectivity index (χ0v) is 19.4. The van der Waals surface area contributed by atoms with Crippen molar-refractivity contribution in [1.82, 2.24) is 14.9 Å². The average Bonchev–Trinajstić information content (AvgIpc) is 3.33. The number of aliphatic imine (C=N–C) groups is 1. The lowest BCUT2D eigenvalue weighted by molar-refractivity contribution is 0.0782. The van der Waals surface area contributed by atoms with E-state index in [2.05, 4.69) is 43.8 Å². The Morgan fingerprint density at radius 2 is 1.59 bits per heavy atom. The fourth-order valence-corrected chi connectivity index (χ4v) is 5.27. The van der Waals surface area contributed by atoms with Gasteiger partial charge in [0.15, 0.2) is 0 Å². The van der Waals surface area contributed by atoms with Gasteiger partial charge in [-0.2, -0.15) is 0 Å². The summed E-state index contributed by atoms with van der Waals surface area (Å²) in [5, 5.41) is 0. The van der Waals surface area contributed by atoms with Crippen molar-refractivity contribution in [2.45, 2.75) is 40.5 Å². The van der Waals surface area contributed by atoms with Crippen LogP contribution in [0.5, 0.6) is 0 Å². The van der Waals surface area contributed by atoms with Gasteiger partial charge in [0.2, 0.25) is 5.95 Å². The van der Waals surface area contributed by atoms with Crippen LogP contribution in [0.2, 0.25) is 0 Å². The second kappa shape index (κ2) is 8.15. The van der Waals surface area contributed by atoms with Gasteiger partial charge in [-0.15, -0.1) is 0 Å². The predicted molar refractivity (Wildman–Crippen MR) is 127 cm³/mol. The van der Waals surface area contributed by atoms with Crippen LogP contribution in [0.25, 0.3) is 0 Å². The molecule has 3 aliphatic rings. The number of anilines is 1. The molecule has 2 fully saturated rings. The summed E-state index contributed by atoms with van der Waals surface area (Å²) in [6.07, 6.45) is 3.84. The minimum Gasteiger partial charge on any atom is -0.340 e. The number of aryl methyl sites for hydroxylation is 3. The zero-order chi connectivity index (χ0) is 22.4. The van der Waals surface area contributed by atoms with Gasteiger partial charge in [0.05, 0.1) is 0 Å². The minimum atomic E-state index is 0.140. The molecule has 4 heterocycles. The van der Waals surface area contributed by atoms with E-state index in [1.165, 1.54) is 5.57 Å². The smallest absolute Gasteiger partial charge is 0.254 e. The van der Waals surface area contributed by atoms with E-state index in [4.69, 9.17) is 0 Å². The topological polar surface area (TPSA) is 61.7 Å². The van der Waals surface area contributed by atoms with Gasteiger partial charge in [0.1, 0.15) is 0 Å². The highest BCUT2D eigenvalue weighted by molar-refractivity contribution is 6.11. The maximum atomic E-state index is 13.6. The first-order chi connectivity index (χ1) is 15.4. The molecule has 2 saturated heterocycles. The first-order valence-corrected chi connectivity index (χ1v) is 11.6. The molecular weight excluding hydrogens is 398 g/mol. The van der Waals surface area contributed by atoms with E-state index in [9.17, 15) is 4.79 Å². The monoisotopic (exact) mass is 429 g/mol. The fourth-order valence-electron chi connectivity index (χ4n) is 5.27. The fraction of sp³-hybridized carbons (Fsp3) is 0.462. The number of rotatable bonds is 3. The van der Waals surface area contributed by atoms with Crippen LogP contribution in [-0.4, -0.2) is 52.7 Å². The van der Waals surface area contributed by atoms with Gasteiger partial charge in [-0.05, 0) is 52.7 Å². The van der Waals surface area contributed by atoms with E-state index in [1.54, 1.807) is 0 Å². The molecule has 0 aliphatic carbocycles. The summed E-state index contributed by atoms with van der Waals surface area (Å²) in [4.78, 5) is 31.9. The van der Waals surface area contributed by atoms with Crippen LogP contribution >= 0.6 is 0 Å². The summed E-state index contributed by atoms with van der Waals surface area (Å²) in [5.74, 6) is 1.90. The number of aromatic nitrogens is 2. The maximum Gasteiger partial charge on any atom is 0.254 e. The van der Waals surface area contributed by atoms with Crippen LogP contribution in [-0.2, 0) is 0 Å². The Morgan fingerprint density at radius 1 is 0.906 bits per heavy atom. The standard InChI is InChI=1S/C26H31N5O/c1-16-5-7-22(24-8-6-17(2)11-27-24)23(9-16)25(32)30-12-20-14-31(15-21(20)13-30)26-28-18(3)10-19(4)29-26/h5,7,9-11,20-21H,6,8,12-15H2,1-4H3. The van der Waals surface area contributed by atoms with E-state index in [0.717, 1.165) is 78.8 Å². The Morgan fingerprint density at radius 3 is 2.22 bits per heavy atom. The molecule has 6 nitrogen and oxygen atoms in total. The van der Waals surface area contributed by atoms with Crippen LogP contribution < -0.4 is 4.90 Å². The van der Waals surface area contributed by atoms with E-state index in [0.29, 0.717) is 11.8 Å². The summed E-state index contributed by atoms with van der Waals surface area (Å²) in [5.41, 5.74) is 7.22. The molecule has 5 rings (SSSR count). The molecule has 1 amide bonds. The van der Waals surface area contributed by atoms with Crippen molar-refractivity contribution in [3.63, 3.8) is 0 Å². The highest BCUT2D eigenvalue weighted by atomic mass is 16.2. The van der Waals surface area contributed by atoms with Crippen LogP contribution in [0, 0.1) is 32.6 Å². The van der Waals surface area contributed by atoms with E-state index in [1.807, 2.05) is 39.1 Å². The molecule has 0 saturated carbocycles. The van der Waals surface area contributed by atoms with Gasteiger partial charge in [-0.3, -0.25) is 9.79 Å². The number of hydrogen-bond acceptors (Lipinski definition) is 5. The molecule has 0 bridgehead atoms. The number of benzene rings is 1. The Kier molecular flexibility index (Phi) is 5.31. The number of nitrogens with zero attached hydrogens (tertiary/aromatic N) is 5. The summed E-state index contributed by atoms with van der Waals surface area (Å²) in [6.45, 7) is 11.6. The number of hydrogen-bond donors (Lipinski definition) is 0. The Balaban J connectivity index is 1.33. The molecule has 1 aromatic heterocycles. The highest BCUT2D eigenvalue weighted by Gasteiger charge is 2.43. The Labute approximate surface area is 190 Å². The lowest BCUT2D eigenvalue weighted by atomic mass is 9.94. The molecule has 6 heteroatoms. The lowest BCUT2D eigenvalue weighted by Crippen LogP contribution is -2.34. The largest absolute Gasteiger partial charge is 0.340 e. The molecule has 166 valence electrons. The number of carbonyl (C=O) groups is 1. The van der Waals surface area contributed by atoms with Gasteiger partial charge in [-0.1, -0.05) is 23.3 Å². The van der Waals surface area contributed by atoms with Crippen molar-refractivity contribution >= 4 is 17.6 Å². The predicted octanol–water partition coefficient (Wildman–Crippen LogP) is 4.10. The van der Waals surface area contributed by atoms with Crippen LogP contribution in [0.15, 0.2) is 41.0 Å². The third kappa shape index (κ3) is 3.94. The van der Waals surface area contributed by atoms with Crippen molar-refractivity contribution < 1.29 is 4.79 Å². The quantitative estimate of drug-likeness (QED) is 0.737. The van der Waals surface area contributed by atoms with Gasteiger partial charge in [0, 0.05) is 72.4 Å². The van der Waals surface area contributed by atoms with Crippen LogP contribution in [0.1, 0.15) is 52.6 Å². The van der Waals surface area contributed by atoms with E-state index < -0.39 is 0 Å². The molecule has 2 unspecified atom stereocenters. The zero-order valence-electron chi connectivity index (χ0n) is 19.4. The summed E-state index contributed by atoms with van der Waals surface area (Å²) >= 11 is 0. The average molecular weight is 430 g/mol. The third-order valence-corrected chi connectivity index (χ3v) is 6.94. The van der Waals surface area contributed by atoms with E-state index >= 15 is 0 Å². The van der Waals surface area contributed by atoms with Gasteiger partial charge >= 0.3 is 0 Å². The number of likely N-dealkylation sites (tertiary alicyclic amines) is 1. The van der Waals surface area contributed by atoms with Crippen molar-refractivity contribution in [2.75, 3.05) is 31.1 Å². The summed E-state index contributed by atoms with van der Waals surface area (Å²) in [6, 6.07) is 8.20. The number of allylic oxidation sites excluding steroid dienone is 1. The second-order valence-corrected chi connectivity index (χ2v) is 9.69. The SMILES string of the molecule is CC1=CN=C(c2ccc(C)cc2C(=O)N2CC3CN(c4nc(C)cc(C)n4)CC3C2)CC1. The van der Waals surface area contributed by atoms with Crippen LogP contribution in [0.4, 0.5) is 5.95 Å². The third-order valence-electron chi connectivity index (χ3n) is 6.94. The number of amides is 1. The molecule has 0 radical (unpaired) electrons. The van der Waals surface area contributed by atoms with Gasteiger partial charge in [-0.25, -0.2) is 9.97 Å². The molecule has 3 aliphatic heterocycles. The molecule has 1 aromatic carbocycles. The Bertz CT molecular complexity index is 1100. The highest BCUT2D eigenvalue weighted by Crippen LogP contribution is 2.34. The molecule has 2 atom stereocenters. The number of fused-ring (bicyclic) bond motifs is 1. The molecule has 0 N–H and O–H groups in total. The van der Waals surface area contributed by atoms with Crippen molar-refractivity contribution in [1.29, 1.82) is 0 Å². The van der Waals surface area contributed by atoms with Gasteiger partial charge in [0.25, 0.3) is 5.91 Å². The first kappa shape index (κ1) is 20.9. The van der Waals surface area contributed by atoms with Crippen molar-refractivity contribution in [3.8, 4) is 0 Å². The second-order valence-electron chi connectivity index (χ2n) is 9.69. The van der Waals surface area contributed by atoms with Crippen LogP contribution in [0.3, 0.4) is 0 Å².